The van der Waals surface area contributed by atoms with Crippen LogP contribution in [-0.2, 0) is 9.53 Å². The van der Waals surface area contributed by atoms with Crippen LogP contribution in [0, 0.1) is 6.92 Å². The van der Waals surface area contributed by atoms with Crippen molar-refractivity contribution < 1.29 is 23.8 Å². The van der Waals surface area contributed by atoms with Gasteiger partial charge in [0.15, 0.2) is 11.9 Å². The van der Waals surface area contributed by atoms with Gasteiger partial charge in [-0.15, -0.1) is 0 Å². The van der Waals surface area contributed by atoms with Gasteiger partial charge in [-0.2, -0.15) is 0 Å². The van der Waals surface area contributed by atoms with E-state index in [0.29, 0.717) is 29.3 Å². The SMILES string of the molecule is Cc1nc(-c2ccco2)ccc1C(=O)N1CCO[C@@H](C(=O)O)C1. The number of ether oxygens (including phenoxy) is 1. The van der Waals surface area contributed by atoms with Crippen molar-refractivity contribution in [2.75, 3.05) is 19.7 Å². The summed E-state index contributed by atoms with van der Waals surface area (Å²) in [6.07, 6.45) is 0.578. The molecular formula is C16H16N2O5. The summed E-state index contributed by atoms with van der Waals surface area (Å²) in [7, 11) is 0. The van der Waals surface area contributed by atoms with E-state index in [4.69, 9.17) is 14.3 Å². The Morgan fingerprint density at radius 3 is 2.83 bits per heavy atom. The highest BCUT2D eigenvalue weighted by Crippen LogP contribution is 2.20. The number of aromatic nitrogens is 1. The van der Waals surface area contributed by atoms with Gasteiger partial charge in [0, 0.05) is 6.54 Å². The number of carboxylic acid groups (broad SMARTS) is 1. The lowest BCUT2D eigenvalue weighted by Crippen LogP contribution is -2.48. The molecule has 2 aromatic heterocycles. The number of hydrogen-bond donors (Lipinski definition) is 1. The van der Waals surface area contributed by atoms with Crippen molar-refractivity contribution >= 4 is 11.9 Å². The molecule has 7 heteroatoms. The number of furan rings is 1. The number of amides is 1. The zero-order chi connectivity index (χ0) is 16.4. The van der Waals surface area contributed by atoms with Gasteiger partial charge in [0.25, 0.3) is 5.91 Å². The Morgan fingerprint density at radius 1 is 1.35 bits per heavy atom. The van der Waals surface area contributed by atoms with Crippen LogP contribution in [0.1, 0.15) is 16.1 Å². The van der Waals surface area contributed by atoms with Crippen LogP contribution in [0.2, 0.25) is 0 Å². The maximum absolute atomic E-state index is 12.6. The molecule has 0 aliphatic carbocycles. The maximum Gasteiger partial charge on any atom is 0.334 e. The van der Waals surface area contributed by atoms with E-state index in [9.17, 15) is 9.59 Å². The van der Waals surface area contributed by atoms with Crippen molar-refractivity contribution in [3.05, 3.63) is 41.8 Å². The standard InChI is InChI=1S/C16H16N2O5/c1-10-11(4-5-12(17-10)13-3-2-7-22-13)15(19)18-6-8-23-14(9-18)16(20)21/h2-5,7,14H,6,8-9H2,1H3,(H,20,21)/t14-/m1/s1. The van der Waals surface area contributed by atoms with Gasteiger partial charge in [-0.25, -0.2) is 9.78 Å². The topological polar surface area (TPSA) is 92.9 Å². The third-order valence-electron chi connectivity index (χ3n) is 3.72. The van der Waals surface area contributed by atoms with Gasteiger partial charge >= 0.3 is 5.97 Å². The van der Waals surface area contributed by atoms with Crippen molar-refractivity contribution in [3.63, 3.8) is 0 Å². The lowest BCUT2D eigenvalue weighted by Gasteiger charge is -2.31. The van der Waals surface area contributed by atoms with E-state index in [1.807, 2.05) is 0 Å². The van der Waals surface area contributed by atoms with Crippen LogP contribution in [0.4, 0.5) is 0 Å². The summed E-state index contributed by atoms with van der Waals surface area (Å²) in [4.78, 5) is 29.5. The van der Waals surface area contributed by atoms with E-state index in [0.717, 1.165) is 0 Å². The fraction of sp³-hybridized carbons (Fsp3) is 0.312. The predicted molar refractivity (Wildman–Crippen MR) is 80.0 cm³/mol. The van der Waals surface area contributed by atoms with Crippen molar-refractivity contribution in [2.24, 2.45) is 0 Å². The van der Waals surface area contributed by atoms with E-state index in [1.54, 1.807) is 37.5 Å². The summed E-state index contributed by atoms with van der Waals surface area (Å²) in [5.41, 5.74) is 1.67. The molecule has 0 unspecified atom stereocenters. The summed E-state index contributed by atoms with van der Waals surface area (Å²) in [5, 5.41) is 9.02. The van der Waals surface area contributed by atoms with Crippen LogP contribution in [0.3, 0.4) is 0 Å². The molecule has 0 saturated carbocycles. The highest BCUT2D eigenvalue weighted by molar-refractivity contribution is 5.96. The third kappa shape index (κ3) is 3.09. The van der Waals surface area contributed by atoms with E-state index in [2.05, 4.69) is 4.98 Å². The summed E-state index contributed by atoms with van der Waals surface area (Å²) in [6.45, 7) is 2.35. The highest BCUT2D eigenvalue weighted by atomic mass is 16.5. The molecule has 0 radical (unpaired) electrons. The molecular weight excluding hydrogens is 300 g/mol. The van der Waals surface area contributed by atoms with E-state index >= 15 is 0 Å². The molecule has 1 fully saturated rings. The van der Waals surface area contributed by atoms with E-state index in [1.165, 1.54) is 4.90 Å². The molecule has 1 amide bonds. The van der Waals surface area contributed by atoms with Crippen LogP contribution < -0.4 is 0 Å². The second kappa shape index (κ2) is 6.21. The number of pyridine rings is 1. The molecule has 1 saturated heterocycles. The number of morpholine rings is 1. The zero-order valence-electron chi connectivity index (χ0n) is 12.6. The zero-order valence-corrected chi connectivity index (χ0v) is 12.6. The lowest BCUT2D eigenvalue weighted by molar-refractivity contribution is -0.154. The molecule has 23 heavy (non-hydrogen) atoms. The molecule has 0 spiro atoms. The number of aliphatic carboxylic acids is 1. The monoisotopic (exact) mass is 316 g/mol. The molecule has 3 rings (SSSR count). The average Bonchev–Trinajstić information content (AvgIpc) is 3.08. The molecule has 1 aliphatic rings. The van der Waals surface area contributed by atoms with Gasteiger partial charge in [0.05, 0.1) is 30.7 Å². The summed E-state index contributed by atoms with van der Waals surface area (Å²) in [5.74, 6) is -0.675. The van der Waals surface area contributed by atoms with Gasteiger partial charge in [0.2, 0.25) is 0 Å². The van der Waals surface area contributed by atoms with Crippen LogP contribution in [-0.4, -0.2) is 52.7 Å². The highest BCUT2D eigenvalue weighted by Gasteiger charge is 2.30. The van der Waals surface area contributed by atoms with Gasteiger partial charge in [0.1, 0.15) is 5.69 Å². The number of carboxylic acids is 1. The first kappa shape index (κ1) is 15.2. The Morgan fingerprint density at radius 2 is 2.17 bits per heavy atom. The number of aryl methyl sites for hydroxylation is 1. The van der Waals surface area contributed by atoms with Gasteiger partial charge in [-0.3, -0.25) is 4.79 Å². The fourth-order valence-corrected chi connectivity index (χ4v) is 2.50. The Kier molecular flexibility index (Phi) is 4.12. The number of carbonyl (C=O) groups excluding carboxylic acids is 1. The number of rotatable bonds is 3. The van der Waals surface area contributed by atoms with Crippen molar-refractivity contribution in [3.8, 4) is 11.5 Å². The molecule has 0 bridgehead atoms. The molecule has 3 heterocycles. The minimum atomic E-state index is -1.06. The molecule has 1 aliphatic heterocycles. The largest absolute Gasteiger partial charge is 0.479 e. The Bertz CT molecular complexity index is 726. The van der Waals surface area contributed by atoms with Gasteiger partial charge < -0.3 is 19.2 Å². The molecule has 7 nitrogen and oxygen atoms in total. The summed E-state index contributed by atoms with van der Waals surface area (Å²) in [6, 6.07) is 6.97. The quantitative estimate of drug-likeness (QED) is 0.924. The first-order valence-corrected chi connectivity index (χ1v) is 7.21. The molecule has 2 aromatic rings. The van der Waals surface area contributed by atoms with Crippen LogP contribution in [0.5, 0.6) is 0 Å². The van der Waals surface area contributed by atoms with Crippen molar-refractivity contribution in [1.29, 1.82) is 0 Å². The Labute approximate surface area is 132 Å². The normalized spacial score (nSPS) is 18.0. The Hall–Kier alpha value is -2.67. The number of carbonyl (C=O) groups is 2. The third-order valence-corrected chi connectivity index (χ3v) is 3.72. The van der Waals surface area contributed by atoms with Crippen molar-refractivity contribution in [1.82, 2.24) is 9.88 Å². The Balaban J connectivity index is 1.81. The summed E-state index contributed by atoms with van der Waals surface area (Å²) >= 11 is 0. The molecule has 1 atom stereocenters. The molecule has 1 N–H and O–H groups in total. The van der Waals surface area contributed by atoms with E-state index in [-0.39, 0.29) is 19.1 Å². The minimum Gasteiger partial charge on any atom is -0.479 e. The number of hydrogen-bond acceptors (Lipinski definition) is 5. The fourth-order valence-electron chi connectivity index (χ4n) is 2.50. The first-order chi connectivity index (χ1) is 11.1. The first-order valence-electron chi connectivity index (χ1n) is 7.21. The average molecular weight is 316 g/mol. The number of nitrogens with zero attached hydrogens (tertiary/aromatic N) is 2. The van der Waals surface area contributed by atoms with Gasteiger partial charge in [-0.1, -0.05) is 0 Å². The van der Waals surface area contributed by atoms with E-state index < -0.39 is 12.1 Å². The second-order valence-corrected chi connectivity index (χ2v) is 5.26. The summed E-state index contributed by atoms with van der Waals surface area (Å²) < 4.78 is 10.4. The minimum absolute atomic E-state index is 0.0353. The predicted octanol–water partition coefficient (Wildman–Crippen LogP) is 1.58. The smallest absolute Gasteiger partial charge is 0.334 e. The van der Waals surface area contributed by atoms with Crippen LogP contribution in [0.25, 0.3) is 11.5 Å². The maximum atomic E-state index is 12.6. The van der Waals surface area contributed by atoms with Crippen molar-refractivity contribution in [2.45, 2.75) is 13.0 Å². The van der Waals surface area contributed by atoms with Crippen LogP contribution >= 0.6 is 0 Å². The lowest BCUT2D eigenvalue weighted by atomic mass is 10.1. The van der Waals surface area contributed by atoms with Crippen LogP contribution in [0.15, 0.2) is 34.9 Å². The molecule has 0 aromatic carbocycles. The van der Waals surface area contributed by atoms with Gasteiger partial charge in [-0.05, 0) is 31.2 Å². The second-order valence-electron chi connectivity index (χ2n) is 5.26. The molecule has 120 valence electrons.